The number of alkyl halides is 3. The monoisotopic (exact) mass is 196 g/mol. The molecule has 1 nitrogen and oxygen atoms in total. The average Bonchev–Trinajstić information content (AvgIpc) is 2.00. The normalized spacial score (nSPS) is 11.7. The maximum Gasteiger partial charge on any atom is 0.389 e. The van der Waals surface area contributed by atoms with Crippen LogP contribution in [-0.4, -0.2) is 12.0 Å². The summed E-state index contributed by atoms with van der Waals surface area (Å²) in [6, 6.07) is 0. The van der Waals surface area contributed by atoms with E-state index in [0.717, 1.165) is 12.8 Å². The highest BCUT2D eigenvalue weighted by molar-refractivity contribution is 5.78. The van der Waals surface area contributed by atoms with Crippen LogP contribution < -0.4 is 0 Å². The molecule has 0 bridgehead atoms. The molecule has 0 atom stereocenters. The van der Waals surface area contributed by atoms with E-state index in [9.17, 15) is 18.0 Å². The zero-order valence-corrected chi connectivity index (χ0v) is 7.78. The minimum absolute atomic E-state index is 0.272. The lowest BCUT2D eigenvalue weighted by Crippen LogP contribution is -2.10. The van der Waals surface area contributed by atoms with E-state index in [1.54, 1.807) is 0 Å². The Morgan fingerprint density at radius 1 is 1.15 bits per heavy atom. The van der Waals surface area contributed by atoms with E-state index in [4.69, 9.17) is 0 Å². The summed E-state index contributed by atoms with van der Waals surface area (Å²) in [5.41, 5.74) is 0. The quantitative estimate of drug-likeness (QED) is 0.594. The van der Waals surface area contributed by atoms with Crippen LogP contribution in [-0.2, 0) is 4.79 Å². The largest absolute Gasteiger partial charge is 0.389 e. The Morgan fingerprint density at radius 3 is 2.23 bits per heavy atom. The second-order valence-corrected chi connectivity index (χ2v) is 3.11. The number of Topliss-reactive ketones (excluding diaryl/α,β-unsaturated/α-hetero) is 1. The van der Waals surface area contributed by atoms with Gasteiger partial charge in [-0.05, 0) is 6.42 Å². The fourth-order valence-electron chi connectivity index (χ4n) is 0.978. The second kappa shape index (κ2) is 6.00. The van der Waals surface area contributed by atoms with Crippen LogP contribution in [0.2, 0.25) is 0 Å². The van der Waals surface area contributed by atoms with Gasteiger partial charge in [-0.3, -0.25) is 4.79 Å². The van der Waals surface area contributed by atoms with Gasteiger partial charge in [0.1, 0.15) is 5.78 Å². The van der Waals surface area contributed by atoms with Gasteiger partial charge in [-0.25, -0.2) is 0 Å². The molecule has 0 fully saturated rings. The summed E-state index contributed by atoms with van der Waals surface area (Å²) in [6.45, 7) is 1.99. The van der Waals surface area contributed by atoms with Gasteiger partial charge in [0, 0.05) is 12.8 Å². The molecule has 0 aliphatic carbocycles. The van der Waals surface area contributed by atoms with E-state index < -0.39 is 12.6 Å². The summed E-state index contributed by atoms with van der Waals surface area (Å²) < 4.78 is 35.0. The van der Waals surface area contributed by atoms with Gasteiger partial charge in [0.25, 0.3) is 0 Å². The molecule has 0 saturated carbocycles. The van der Waals surface area contributed by atoms with E-state index in [1.807, 2.05) is 6.92 Å². The maximum atomic E-state index is 11.7. The minimum Gasteiger partial charge on any atom is -0.300 e. The first-order valence-corrected chi connectivity index (χ1v) is 4.54. The molecule has 0 saturated heterocycles. The van der Waals surface area contributed by atoms with Crippen molar-refractivity contribution >= 4 is 5.78 Å². The summed E-state index contributed by atoms with van der Waals surface area (Å²) in [4.78, 5) is 10.9. The lowest BCUT2D eigenvalue weighted by Gasteiger charge is -2.04. The van der Waals surface area contributed by atoms with Gasteiger partial charge in [-0.1, -0.05) is 19.8 Å². The Kier molecular flexibility index (Phi) is 5.75. The summed E-state index contributed by atoms with van der Waals surface area (Å²) in [6.07, 6.45) is -2.62. The van der Waals surface area contributed by atoms with Gasteiger partial charge in [-0.15, -0.1) is 0 Å². The summed E-state index contributed by atoms with van der Waals surface area (Å²) in [5, 5.41) is 0. The van der Waals surface area contributed by atoms with Crippen molar-refractivity contribution in [2.24, 2.45) is 0 Å². The highest BCUT2D eigenvalue weighted by Gasteiger charge is 2.27. The van der Waals surface area contributed by atoms with Crippen LogP contribution in [0.25, 0.3) is 0 Å². The van der Waals surface area contributed by atoms with E-state index in [0.29, 0.717) is 12.8 Å². The van der Waals surface area contributed by atoms with Crippen molar-refractivity contribution in [1.29, 1.82) is 0 Å². The third-order valence-electron chi connectivity index (χ3n) is 1.75. The Morgan fingerprint density at radius 2 is 1.77 bits per heavy atom. The van der Waals surface area contributed by atoms with Crippen molar-refractivity contribution in [2.75, 3.05) is 0 Å². The molecule has 0 radical (unpaired) electrons. The molecule has 0 aromatic carbocycles. The first kappa shape index (κ1) is 12.5. The number of carbonyl (C=O) groups is 1. The van der Waals surface area contributed by atoms with Gasteiger partial charge in [0.05, 0.1) is 6.42 Å². The third kappa shape index (κ3) is 9.37. The molecule has 0 unspecified atom stereocenters. The van der Waals surface area contributed by atoms with Gasteiger partial charge in [0.2, 0.25) is 0 Å². The van der Waals surface area contributed by atoms with E-state index in [-0.39, 0.29) is 12.2 Å². The van der Waals surface area contributed by atoms with Crippen molar-refractivity contribution in [1.82, 2.24) is 0 Å². The predicted molar refractivity (Wildman–Crippen MR) is 44.4 cm³/mol. The van der Waals surface area contributed by atoms with E-state index in [2.05, 4.69) is 0 Å². The summed E-state index contributed by atoms with van der Waals surface area (Å²) >= 11 is 0. The molecule has 0 heterocycles. The number of unbranched alkanes of at least 4 members (excludes halogenated alkanes) is 2. The van der Waals surface area contributed by atoms with Crippen LogP contribution >= 0.6 is 0 Å². The fourth-order valence-corrected chi connectivity index (χ4v) is 0.978. The second-order valence-electron chi connectivity index (χ2n) is 3.11. The minimum atomic E-state index is -4.19. The molecule has 0 amide bonds. The molecule has 13 heavy (non-hydrogen) atoms. The zero-order chi connectivity index (χ0) is 10.3. The van der Waals surface area contributed by atoms with Crippen molar-refractivity contribution < 1.29 is 18.0 Å². The molecular formula is C9H15F3O. The number of rotatable bonds is 6. The first-order valence-electron chi connectivity index (χ1n) is 4.54. The zero-order valence-electron chi connectivity index (χ0n) is 7.78. The topological polar surface area (TPSA) is 17.1 Å². The van der Waals surface area contributed by atoms with Crippen LogP contribution in [0.3, 0.4) is 0 Å². The Bertz CT molecular complexity index is 151. The molecule has 0 rings (SSSR count). The fraction of sp³-hybridized carbons (Fsp3) is 0.889. The summed E-state index contributed by atoms with van der Waals surface area (Å²) in [5.74, 6) is -0.272. The molecule has 0 N–H and O–H groups in total. The smallest absolute Gasteiger partial charge is 0.300 e. The first-order chi connectivity index (χ1) is 5.95. The lowest BCUT2D eigenvalue weighted by molar-refractivity contribution is -0.143. The Labute approximate surface area is 76.3 Å². The molecule has 0 aromatic heterocycles. The molecule has 4 heteroatoms. The Balaban J connectivity index is 3.41. The average molecular weight is 196 g/mol. The molecule has 0 aromatic rings. The van der Waals surface area contributed by atoms with Gasteiger partial charge in [-0.2, -0.15) is 13.2 Å². The van der Waals surface area contributed by atoms with Crippen LogP contribution in [0.4, 0.5) is 13.2 Å². The van der Waals surface area contributed by atoms with Gasteiger partial charge >= 0.3 is 6.18 Å². The van der Waals surface area contributed by atoms with Crippen LogP contribution in [0, 0.1) is 0 Å². The molecular weight excluding hydrogens is 181 g/mol. The SMILES string of the molecule is CCCCCC(=O)CCC(F)(F)F. The number of ketones is 1. The number of hydrogen-bond donors (Lipinski definition) is 0. The van der Waals surface area contributed by atoms with Crippen LogP contribution in [0.5, 0.6) is 0 Å². The molecule has 0 aliphatic rings. The van der Waals surface area contributed by atoms with Crippen LogP contribution in [0.1, 0.15) is 45.4 Å². The lowest BCUT2D eigenvalue weighted by atomic mass is 10.1. The van der Waals surface area contributed by atoms with Gasteiger partial charge < -0.3 is 0 Å². The molecule has 0 aliphatic heterocycles. The predicted octanol–water partition coefficient (Wildman–Crippen LogP) is 3.48. The highest BCUT2D eigenvalue weighted by Crippen LogP contribution is 2.21. The van der Waals surface area contributed by atoms with Crippen molar-refractivity contribution in [2.45, 2.75) is 51.6 Å². The standard InChI is InChI=1S/C9H15F3O/c1-2-3-4-5-8(13)6-7-9(10,11)12/h2-7H2,1H3. The summed E-state index contributed by atoms with van der Waals surface area (Å²) in [7, 11) is 0. The van der Waals surface area contributed by atoms with Crippen LogP contribution in [0.15, 0.2) is 0 Å². The van der Waals surface area contributed by atoms with E-state index >= 15 is 0 Å². The highest BCUT2D eigenvalue weighted by atomic mass is 19.4. The Hall–Kier alpha value is -0.540. The van der Waals surface area contributed by atoms with Crippen molar-refractivity contribution in [3.05, 3.63) is 0 Å². The van der Waals surface area contributed by atoms with E-state index in [1.165, 1.54) is 0 Å². The number of carbonyl (C=O) groups excluding carboxylic acids is 1. The van der Waals surface area contributed by atoms with Crippen molar-refractivity contribution in [3.63, 3.8) is 0 Å². The third-order valence-corrected chi connectivity index (χ3v) is 1.75. The maximum absolute atomic E-state index is 11.7. The van der Waals surface area contributed by atoms with Gasteiger partial charge in [0.15, 0.2) is 0 Å². The molecule has 78 valence electrons. The molecule has 0 spiro atoms. The number of halogens is 3. The number of hydrogen-bond acceptors (Lipinski definition) is 1. The van der Waals surface area contributed by atoms with Crippen molar-refractivity contribution in [3.8, 4) is 0 Å².